The number of piperidine rings is 1. The third-order valence-electron chi connectivity index (χ3n) is 4.19. The van der Waals surface area contributed by atoms with Crippen molar-refractivity contribution in [2.45, 2.75) is 32.6 Å². The van der Waals surface area contributed by atoms with Crippen molar-refractivity contribution < 1.29 is 9.90 Å². The van der Waals surface area contributed by atoms with Gasteiger partial charge in [0.1, 0.15) is 11.4 Å². The van der Waals surface area contributed by atoms with Crippen molar-refractivity contribution >= 4 is 5.91 Å². The van der Waals surface area contributed by atoms with E-state index in [1.54, 1.807) is 0 Å². The molecule has 1 aliphatic heterocycles. The van der Waals surface area contributed by atoms with Crippen LogP contribution in [0.2, 0.25) is 0 Å². The first-order valence-electron chi connectivity index (χ1n) is 8.22. The zero-order chi connectivity index (χ0) is 16.8. The Morgan fingerprint density at radius 1 is 1.57 bits per heavy atom. The molecule has 0 saturated carbocycles. The van der Waals surface area contributed by atoms with Crippen LogP contribution >= 0.6 is 0 Å². The molecule has 1 aromatic heterocycles. The van der Waals surface area contributed by atoms with Crippen molar-refractivity contribution in [1.29, 1.82) is 0 Å². The Morgan fingerprint density at radius 2 is 2.35 bits per heavy atom. The normalized spacial score (nSPS) is 19.0. The number of carbonyl (C=O) groups is 1. The summed E-state index contributed by atoms with van der Waals surface area (Å²) < 4.78 is 0. The van der Waals surface area contributed by atoms with Crippen molar-refractivity contribution in [3.05, 3.63) is 27.9 Å². The van der Waals surface area contributed by atoms with Crippen LogP contribution in [0.4, 0.5) is 0 Å². The molecule has 23 heavy (non-hydrogen) atoms. The summed E-state index contributed by atoms with van der Waals surface area (Å²) in [7, 11) is 0. The highest BCUT2D eigenvalue weighted by Gasteiger charge is 2.19. The Balaban J connectivity index is 1.84. The first-order valence-corrected chi connectivity index (χ1v) is 8.22. The van der Waals surface area contributed by atoms with E-state index in [1.807, 2.05) is 13.8 Å². The second-order valence-electron chi connectivity index (χ2n) is 6.41. The summed E-state index contributed by atoms with van der Waals surface area (Å²) in [5.41, 5.74) is -0.360. The number of aromatic amines is 1. The van der Waals surface area contributed by atoms with Gasteiger partial charge in [0.2, 0.25) is 0 Å². The molecule has 128 valence electrons. The summed E-state index contributed by atoms with van der Waals surface area (Å²) in [5.74, 6) is 0.619. The van der Waals surface area contributed by atoms with E-state index in [1.165, 1.54) is 6.20 Å². The summed E-state index contributed by atoms with van der Waals surface area (Å²) in [6, 6.07) is 0. The van der Waals surface area contributed by atoms with Gasteiger partial charge in [0.25, 0.3) is 11.5 Å². The molecule has 2 heterocycles. The summed E-state index contributed by atoms with van der Waals surface area (Å²) in [6.07, 6.45) is 3.47. The first kappa shape index (κ1) is 17.6. The highest BCUT2D eigenvalue weighted by atomic mass is 16.3. The van der Waals surface area contributed by atoms with Crippen LogP contribution in [0.5, 0.6) is 0 Å². The van der Waals surface area contributed by atoms with Crippen molar-refractivity contribution in [2.75, 3.05) is 32.8 Å². The molecule has 0 bridgehead atoms. The first-order chi connectivity index (χ1) is 11.0. The van der Waals surface area contributed by atoms with Crippen molar-refractivity contribution in [3.63, 3.8) is 0 Å². The fraction of sp³-hybridized carbons (Fsp3) is 0.688. The fourth-order valence-electron chi connectivity index (χ4n) is 2.79. The van der Waals surface area contributed by atoms with E-state index in [0.717, 1.165) is 32.5 Å². The second-order valence-corrected chi connectivity index (χ2v) is 6.41. The summed E-state index contributed by atoms with van der Waals surface area (Å²) >= 11 is 0. The lowest BCUT2D eigenvalue weighted by molar-refractivity contribution is 0.0928. The van der Waals surface area contributed by atoms with E-state index in [0.29, 0.717) is 18.3 Å². The number of hydrogen-bond donors (Lipinski definition) is 3. The van der Waals surface area contributed by atoms with E-state index < -0.39 is 11.5 Å². The Labute approximate surface area is 136 Å². The molecule has 0 aromatic carbocycles. The molecule has 0 unspecified atom stereocenters. The Morgan fingerprint density at radius 3 is 3.00 bits per heavy atom. The number of aliphatic hydroxyl groups is 1. The molecule has 1 aromatic rings. The number of carbonyl (C=O) groups excluding carboxylic acids is 1. The lowest BCUT2D eigenvalue weighted by Gasteiger charge is -2.31. The van der Waals surface area contributed by atoms with E-state index >= 15 is 0 Å². The molecule has 0 aliphatic carbocycles. The lowest BCUT2D eigenvalue weighted by Crippen LogP contribution is -2.42. The van der Waals surface area contributed by atoms with Crippen molar-refractivity contribution in [3.8, 4) is 0 Å². The quantitative estimate of drug-likeness (QED) is 0.701. The predicted molar refractivity (Wildman–Crippen MR) is 87.5 cm³/mol. The molecule has 1 atom stereocenters. The molecular formula is C16H26N4O3. The Hall–Kier alpha value is -1.73. The Kier molecular flexibility index (Phi) is 6.29. The van der Waals surface area contributed by atoms with Crippen LogP contribution in [0.25, 0.3) is 0 Å². The zero-order valence-corrected chi connectivity index (χ0v) is 13.8. The van der Waals surface area contributed by atoms with Gasteiger partial charge in [0, 0.05) is 38.4 Å². The number of nitrogens with zero attached hydrogens (tertiary/aromatic N) is 2. The zero-order valence-electron chi connectivity index (χ0n) is 13.8. The summed E-state index contributed by atoms with van der Waals surface area (Å²) in [6.45, 7) is 7.11. The average molecular weight is 322 g/mol. The van der Waals surface area contributed by atoms with Gasteiger partial charge in [-0.25, -0.2) is 4.98 Å². The van der Waals surface area contributed by atoms with E-state index in [4.69, 9.17) is 0 Å². The third-order valence-corrected chi connectivity index (χ3v) is 4.19. The van der Waals surface area contributed by atoms with Crippen LogP contribution in [-0.4, -0.2) is 58.7 Å². The van der Waals surface area contributed by atoms with Gasteiger partial charge < -0.3 is 20.3 Å². The largest absolute Gasteiger partial charge is 0.396 e. The van der Waals surface area contributed by atoms with Gasteiger partial charge in [-0.15, -0.1) is 0 Å². The number of nitrogens with one attached hydrogen (secondary N) is 2. The lowest BCUT2D eigenvalue weighted by atomic mass is 9.99. The average Bonchev–Trinajstić information content (AvgIpc) is 2.54. The molecule has 0 spiro atoms. The van der Waals surface area contributed by atoms with E-state index in [9.17, 15) is 14.7 Å². The maximum absolute atomic E-state index is 12.1. The molecule has 1 saturated heterocycles. The second kappa shape index (κ2) is 8.21. The third kappa shape index (κ3) is 4.87. The van der Waals surface area contributed by atoms with E-state index in [-0.39, 0.29) is 18.1 Å². The molecule has 0 radical (unpaired) electrons. The SMILES string of the molecule is CC(C)c1ncc(C(=O)NCCN2CCC[C@H](CO)C2)c(=O)[nH]1. The molecule has 1 fully saturated rings. The monoisotopic (exact) mass is 322 g/mol. The van der Waals surface area contributed by atoms with Crippen LogP contribution < -0.4 is 10.9 Å². The molecule has 3 N–H and O–H groups in total. The Bertz CT molecular complexity index is 585. The van der Waals surface area contributed by atoms with Gasteiger partial charge in [0.05, 0.1) is 0 Å². The highest BCUT2D eigenvalue weighted by Crippen LogP contribution is 2.14. The maximum atomic E-state index is 12.1. The molecule has 1 aliphatic rings. The van der Waals surface area contributed by atoms with Gasteiger partial charge in [-0.1, -0.05) is 13.8 Å². The topological polar surface area (TPSA) is 98.3 Å². The molecular weight excluding hydrogens is 296 g/mol. The minimum absolute atomic E-state index is 0.0429. The number of aliphatic hydroxyl groups excluding tert-OH is 1. The van der Waals surface area contributed by atoms with Crippen LogP contribution in [0, 0.1) is 5.92 Å². The van der Waals surface area contributed by atoms with Crippen LogP contribution in [0.3, 0.4) is 0 Å². The number of likely N-dealkylation sites (tertiary alicyclic amines) is 1. The van der Waals surface area contributed by atoms with Gasteiger partial charge in [-0.3, -0.25) is 9.59 Å². The van der Waals surface area contributed by atoms with Gasteiger partial charge >= 0.3 is 0 Å². The molecule has 7 heteroatoms. The number of amides is 1. The molecule has 2 rings (SSSR count). The number of H-pyrrole nitrogens is 1. The van der Waals surface area contributed by atoms with Crippen molar-refractivity contribution in [2.24, 2.45) is 5.92 Å². The number of hydrogen-bond acceptors (Lipinski definition) is 5. The van der Waals surface area contributed by atoms with Gasteiger partial charge in [-0.05, 0) is 25.3 Å². The maximum Gasteiger partial charge on any atom is 0.263 e. The minimum Gasteiger partial charge on any atom is -0.396 e. The fourth-order valence-corrected chi connectivity index (χ4v) is 2.79. The number of aromatic nitrogens is 2. The minimum atomic E-state index is -0.403. The smallest absolute Gasteiger partial charge is 0.263 e. The van der Waals surface area contributed by atoms with Gasteiger partial charge in [-0.2, -0.15) is 0 Å². The predicted octanol–water partition coefficient (Wildman–Crippen LogP) is 0.327. The summed E-state index contributed by atoms with van der Waals surface area (Å²) in [5, 5.41) is 12.0. The van der Waals surface area contributed by atoms with Crippen LogP contribution in [0.1, 0.15) is 48.8 Å². The van der Waals surface area contributed by atoms with E-state index in [2.05, 4.69) is 20.2 Å². The standard InChI is InChI=1S/C16H26N4O3/c1-11(2)14-18-8-13(16(23)19-14)15(22)17-5-7-20-6-3-4-12(9-20)10-21/h8,11-12,21H,3-7,9-10H2,1-2H3,(H,17,22)(H,18,19,23)/t12-/m0/s1. The van der Waals surface area contributed by atoms with Crippen LogP contribution in [0.15, 0.2) is 11.0 Å². The van der Waals surface area contributed by atoms with Crippen molar-refractivity contribution in [1.82, 2.24) is 20.2 Å². The molecule has 7 nitrogen and oxygen atoms in total. The number of rotatable bonds is 6. The van der Waals surface area contributed by atoms with Gasteiger partial charge in [0.15, 0.2) is 0 Å². The van der Waals surface area contributed by atoms with Crippen LogP contribution in [-0.2, 0) is 0 Å². The molecule has 1 amide bonds. The highest BCUT2D eigenvalue weighted by molar-refractivity contribution is 5.93. The summed E-state index contributed by atoms with van der Waals surface area (Å²) in [4.78, 5) is 33.0.